The van der Waals surface area contributed by atoms with Crippen LogP contribution in [0.15, 0.2) is 24.3 Å². The number of nitrogens with zero attached hydrogens (tertiary/aromatic N) is 1. The zero-order valence-corrected chi connectivity index (χ0v) is 13.5. The number of ether oxygens (including phenoxy) is 1. The molecule has 21 heavy (non-hydrogen) atoms. The molecule has 0 heterocycles. The Bertz CT molecular complexity index is 575. The van der Waals surface area contributed by atoms with Gasteiger partial charge in [-0.2, -0.15) is 4.31 Å². The van der Waals surface area contributed by atoms with Gasteiger partial charge in [-0.15, -0.1) is 0 Å². The van der Waals surface area contributed by atoms with Gasteiger partial charge in [0.05, 0.1) is 19.0 Å². The summed E-state index contributed by atoms with van der Waals surface area (Å²) in [6.45, 7) is 0.275. The van der Waals surface area contributed by atoms with Crippen molar-refractivity contribution in [3.63, 3.8) is 0 Å². The molecule has 1 aromatic carbocycles. The SMILES string of the molecule is COCCN(CCO)S(=O)(=O)Cc1cccc(C(N)=S)c1. The van der Waals surface area contributed by atoms with Crippen LogP contribution in [0.1, 0.15) is 11.1 Å². The number of nitrogens with two attached hydrogens (primary N) is 1. The highest BCUT2D eigenvalue weighted by molar-refractivity contribution is 7.88. The number of sulfonamides is 1. The van der Waals surface area contributed by atoms with Crippen LogP contribution in [-0.2, 0) is 20.5 Å². The summed E-state index contributed by atoms with van der Waals surface area (Å²) in [5, 5.41) is 9.00. The molecule has 0 atom stereocenters. The molecule has 0 spiro atoms. The van der Waals surface area contributed by atoms with Crippen molar-refractivity contribution in [2.75, 3.05) is 33.4 Å². The van der Waals surface area contributed by atoms with E-state index in [1.165, 1.54) is 11.4 Å². The summed E-state index contributed by atoms with van der Waals surface area (Å²) in [5.41, 5.74) is 6.77. The number of benzene rings is 1. The van der Waals surface area contributed by atoms with Crippen molar-refractivity contribution >= 4 is 27.2 Å². The van der Waals surface area contributed by atoms with Crippen molar-refractivity contribution in [3.05, 3.63) is 35.4 Å². The van der Waals surface area contributed by atoms with E-state index < -0.39 is 10.0 Å². The number of thiocarbonyl (C=S) groups is 1. The Hall–Kier alpha value is -1.06. The second kappa shape index (κ2) is 8.40. The first-order valence-electron chi connectivity index (χ1n) is 6.37. The van der Waals surface area contributed by atoms with Crippen LogP contribution < -0.4 is 5.73 Å². The molecule has 0 saturated heterocycles. The van der Waals surface area contributed by atoms with E-state index in [1.807, 2.05) is 0 Å². The molecule has 0 bridgehead atoms. The average molecular weight is 332 g/mol. The van der Waals surface area contributed by atoms with Crippen LogP contribution in [0.3, 0.4) is 0 Å². The van der Waals surface area contributed by atoms with E-state index in [9.17, 15) is 8.42 Å². The Kier molecular flexibility index (Phi) is 7.20. The van der Waals surface area contributed by atoms with Crippen molar-refractivity contribution in [3.8, 4) is 0 Å². The summed E-state index contributed by atoms with van der Waals surface area (Å²) in [4.78, 5) is 0.223. The van der Waals surface area contributed by atoms with Gasteiger partial charge < -0.3 is 15.6 Å². The normalized spacial score (nSPS) is 11.8. The molecular weight excluding hydrogens is 312 g/mol. The number of aliphatic hydroxyl groups excluding tert-OH is 1. The zero-order valence-electron chi connectivity index (χ0n) is 11.9. The van der Waals surface area contributed by atoms with Gasteiger partial charge in [-0.25, -0.2) is 8.42 Å². The third kappa shape index (κ3) is 5.68. The first-order chi connectivity index (χ1) is 9.90. The molecule has 0 aliphatic carbocycles. The van der Waals surface area contributed by atoms with E-state index in [1.54, 1.807) is 24.3 Å². The number of aliphatic hydroxyl groups is 1. The Balaban J connectivity index is 2.91. The van der Waals surface area contributed by atoms with E-state index in [0.29, 0.717) is 11.1 Å². The molecule has 0 unspecified atom stereocenters. The highest BCUT2D eigenvalue weighted by atomic mass is 32.2. The molecule has 118 valence electrons. The van der Waals surface area contributed by atoms with Gasteiger partial charge in [0.25, 0.3) is 0 Å². The Morgan fingerprint density at radius 3 is 2.71 bits per heavy atom. The first kappa shape index (κ1) is 18.0. The fourth-order valence-electron chi connectivity index (χ4n) is 1.81. The van der Waals surface area contributed by atoms with Crippen LogP contribution in [0.4, 0.5) is 0 Å². The van der Waals surface area contributed by atoms with E-state index in [4.69, 9.17) is 27.8 Å². The predicted octanol–water partition coefficient (Wildman–Crippen LogP) is 0.0913. The van der Waals surface area contributed by atoms with Crippen LogP contribution in [0.25, 0.3) is 0 Å². The van der Waals surface area contributed by atoms with Crippen molar-refractivity contribution in [1.29, 1.82) is 0 Å². The number of hydrogen-bond donors (Lipinski definition) is 2. The van der Waals surface area contributed by atoms with Gasteiger partial charge in [0, 0.05) is 25.8 Å². The largest absolute Gasteiger partial charge is 0.395 e. The van der Waals surface area contributed by atoms with Crippen LogP contribution in [0.5, 0.6) is 0 Å². The smallest absolute Gasteiger partial charge is 0.218 e. The third-order valence-electron chi connectivity index (χ3n) is 2.85. The molecule has 3 N–H and O–H groups in total. The summed E-state index contributed by atoms with van der Waals surface area (Å²) >= 11 is 4.88. The number of rotatable bonds is 9. The second-order valence-electron chi connectivity index (χ2n) is 4.44. The maximum absolute atomic E-state index is 12.4. The lowest BCUT2D eigenvalue weighted by Gasteiger charge is -2.21. The van der Waals surface area contributed by atoms with Crippen LogP contribution >= 0.6 is 12.2 Å². The topological polar surface area (TPSA) is 92.9 Å². The average Bonchev–Trinajstić information content (AvgIpc) is 2.43. The van der Waals surface area contributed by atoms with Gasteiger partial charge in [-0.05, 0) is 11.6 Å². The monoisotopic (exact) mass is 332 g/mol. The van der Waals surface area contributed by atoms with E-state index >= 15 is 0 Å². The Morgan fingerprint density at radius 1 is 1.43 bits per heavy atom. The van der Waals surface area contributed by atoms with Crippen molar-refractivity contribution < 1.29 is 18.3 Å². The lowest BCUT2D eigenvalue weighted by Crippen LogP contribution is -2.37. The summed E-state index contributed by atoms with van der Waals surface area (Å²) in [6, 6.07) is 6.81. The highest BCUT2D eigenvalue weighted by Crippen LogP contribution is 2.13. The van der Waals surface area contributed by atoms with Crippen LogP contribution in [0, 0.1) is 0 Å². The minimum absolute atomic E-state index is 0.0423. The summed E-state index contributed by atoms with van der Waals surface area (Å²) in [7, 11) is -2.05. The van der Waals surface area contributed by atoms with Crippen molar-refractivity contribution in [2.45, 2.75) is 5.75 Å². The molecule has 0 aromatic heterocycles. The maximum Gasteiger partial charge on any atom is 0.218 e. The summed E-state index contributed by atoms with van der Waals surface area (Å²) < 4.78 is 30.8. The van der Waals surface area contributed by atoms with Crippen molar-refractivity contribution in [1.82, 2.24) is 4.31 Å². The summed E-state index contributed by atoms with van der Waals surface area (Å²) in [6.07, 6.45) is 0. The first-order valence-corrected chi connectivity index (χ1v) is 8.39. The highest BCUT2D eigenvalue weighted by Gasteiger charge is 2.22. The van der Waals surface area contributed by atoms with Crippen LogP contribution in [-0.4, -0.2) is 56.2 Å². The fraction of sp³-hybridized carbons (Fsp3) is 0.462. The maximum atomic E-state index is 12.4. The quantitative estimate of drug-likeness (QED) is 0.623. The van der Waals surface area contributed by atoms with Gasteiger partial charge in [-0.1, -0.05) is 30.4 Å². The standard InChI is InChI=1S/C13H20N2O4S2/c1-19-8-6-15(5-7-16)21(17,18)10-11-3-2-4-12(9-11)13(14)20/h2-4,9,16H,5-8,10H2,1H3,(H2,14,20). The minimum Gasteiger partial charge on any atom is -0.395 e. The molecule has 0 fully saturated rings. The van der Waals surface area contributed by atoms with E-state index in [0.717, 1.165) is 0 Å². The lowest BCUT2D eigenvalue weighted by molar-refractivity contribution is 0.168. The van der Waals surface area contributed by atoms with Crippen molar-refractivity contribution in [2.24, 2.45) is 5.73 Å². The van der Waals surface area contributed by atoms with Gasteiger partial charge >= 0.3 is 0 Å². The van der Waals surface area contributed by atoms with E-state index in [2.05, 4.69) is 0 Å². The Labute approximate surface area is 130 Å². The van der Waals surface area contributed by atoms with Gasteiger partial charge in [-0.3, -0.25) is 0 Å². The minimum atomic E-state index is -3.54. The predicted molar refractivity (Wildman–Crippen MR) is 85.5 cm³/mol. The molecule has 0 amide bonds. The Morgan fingerprint density at radius 2 is 2.14 bits per heavy atom. The molecular formula is C13H20N2O4S2. The summed E-state index contributed by atoms with van der Waals surface area (Å²) in [5.74, 6) is -0.173. The number of methoxy groups -OCH3 is 1. The molecule has 0 aliphatic rings. The van der Waals surface area contributed by atoms with Gasteiger partial charge in [0.1, 0.15) is 4.99 Å². The number of hydrogen-bond acceptors (Lipinski definition) is 5. The molecule has 0 saturated carbocycles. The molecule has 6 nitrogen and oxygen atoms in total. The molecule has 1 rings (SSSR count). The fourth-order valence-corrected chi connectivity index (χ4v) is 3.43. The second-order valence-corrected chi connectivity index (χ2v) is 6.85. The third-order valence-corrected chi connectivity index (χ3v) is 4.93. The van der Waals surface area contributed by atoms with E-state index in [-0.39, 0.29) is 37.0 Å². The molecule has 8 heteroatoms. The van der Waals surface area contributed by atoms with Gasteiger partial charge in [0.2, 0.25) is 10.0 Å². The zero-order chi connectivity index (χ0) is 15.9. The molecule has 0 aliphatic heterocycles. The molecule has 1 aromatic rings. The van der Waals surface area contributed by atoms with Crippen LogP contribution in [0.2, 0.25) is 0 Å². The van der Waals surface area contributed by atoms with Gasteiger partial charge in [0.15, 0.2) is 0 Å². The lowest BCUT2D eigenvalue weighted by atomic mass is 10.1. The molecule has 0 radical (unpaired) electrons.